The van der Waals surface area contributed by atoms with E-state index in [9.17, 15) is 10.0 Å². The van der Waals surface area contributed by atoms with Gasteiger partial charge in [0.15, 0.2) is 0 Å². The average Bonchev–Trinajstić information content (AvgIpc) is 2.63. The van der Waals surface area contributed by atoms with Crippen LogP contribution in [0.5, 0.6) is 0 Å². The molecule has 0 aliphatic rings. The summed E-state index contributed by atoms with van der Waals surface area (Å²) >= 11 is 7.64. The van der Waals surface area contributed by atoms with Crippen molar-refractivity contribution in [2.45, 2.75) is 20.8 Å². The number of rotatable bonds is 6. The number of nitrogens with zero attached hydrogens (tertiary/aromatic N) is 2. The third-order valence-electron chi connectivity index (χ3n) is 5.21. The first kappa shape index (κ1) is 20.2. The van der Waals surface area contributed by atoms with Crippen LogP contribution in [0, 0.1) is 12.1 Å². The van der Waals surface area contributed by atoms with E-state index in [0.29, 0.717) is 34.6 Å². The standard InChI is InChI=1S/C21H25ClN2O2S/c1-5-23(6-2)11-12-24(4,26)17-10-7-14(3)21-19(17)20(25)16-9-8-15(22)13-18(16)27-21/h7-10,13H,5-6,11-12H2,1-4H3. The normalized spacial score (nSPS) is 14.2. The number of hydrogen-bond donors (Lipinski definition) is 0. The molecule has 0 amide bonds. The zero-order valence-electron chi connectivity index (χ0n) is 16.2. The van der Waals surface area contributed by atoms with Crippen molar-refractivity contribution in [2.24, 2.45) is 0 Å². The summed E-state index contributed by atoms with van der Waals surface area (Å²) in [7, 11) is 1.64. The minimum atomic E-state index is -0.561. The number of hydrogen-bond acceptors (Lipinski definition) is 4. The zero-order valence-corrected chi connectivity index (χ0v) is 17.8. The highest BCUT2D eigenvalue weighted by molar-refractivity contribution is 7.24. The van der Waals surface area contributed by atoms with Crippen LogP contribution in [0.3, 0.4) is 0 Å². The molecular formula is C21H25ClN2O2S. The van der Waals surface area contributed by atoms with Crippen molar-refractivity contribution in [3.8, 4) is 0 Å². The van der Waals surface area contributed by atoms with E-state index in [0.717, 1.165) is 28.1 Å². The molecule has 1 aromatic heterocycles. The summed E-state index contributed by atoms with van der Waals surface area (Å²) in [4.78, 5) is 15.5. The van der Waals surface area contributed by atoms with E-state index in [4.69, 9.17) is 11.6 Å². The van der Waals surface area contributed by atoms with Crippen LogP contribution in [0.2, 0.25) is 5.02 Å². The molecule has 3 aromatic rings. The molecule has 27 heavy (non-hydrogen) atoms. The third-order valence-corrected chi connectivity index (χ3v) is 6.73. The first-order chi connectivity index (χ1) is 12.8. The number of halogens is 1. The molecule has 2 aromatic carbocycles. The third kappa shape index (κ3) is 3.89. The van der Waals surface area contributed by atoms with Crippen LogP contribution in [0.15, 0.2) is 35.1 Å². The Morgan fingerprint density at radius 2 is 1.89 bits per heavy atom. The molecule has 0 saturated carbocycles. The molecule has 0 spiro atoms. The SMILES string of the molecule is CCN(CC)CC[N+](C)([O-])c1ccc(C)c2sc3cc(Cl)ccc3c(=O)c12. The molecule has 1 unspecified atom stereocenters. The molecule has 0 fully saturated rings. The number of aryl methyl sites for hydroxylation is 1. The van der Waals surface area contributed by atoms with Crippen LogP contribution in [-0.2, 0) is 0 Å². The average molecular weight is 405 g/mol. The van der Waals surface area contributed by atoms with Gasteiger partial charge in [-0.05, 0) is 43.8 Å². The van der Waals surface area contributed by atoms with Crippen molar-refractivity contribution in [2.75, 3.05) is 33.2 Å². The number of quaternary nitrogens is 1. The summed E-state index contributed by atoms with van der Waals surface area (Å²) in [5.74, 6) is 0. The fraction of sp³-hybridized carbons (Fsp3) is 0.381. The van der Waals surface area contributed by atoms with E-state index in [1.165, 1.54) is 11.3 Å². The fourth-order valence-corrected chi connectivity index (χ4v) is 4.87. The number of hydroxylamine groups is 2. The van der Waals surface area contributed by atoms with Crippen molar-refractivity contribution >= 4 is 48.8 Å². The smallest absolute Gasteiger partial charge is 0.201 e. The Kier molecular flexibility index (Phi) is 5.89. The maximum Gasteiger partial charge on any atom is 0.201 e. The van der Waals surface area contributed by atoms with Crippen LogP contribution in [0.25, 0.3) is 20.2 Å². The number of fused-ring (bicyclic) bond motifs is 2. The highest BCUT2D eigenvalue weighted by Crippen LogP contribution is 2.35. The highest BCUT2D eigenvalue weighted by Gasteiger charge is 2.23. The van der Waals surface area contributed by atoms with Gasteiger partial charge in [-0.15, -0.1) is 11.3 Å². The summed E-state index contributed by atoms with van der Waals surface area (Å²) in [6, 6.07) is 9.07. The second-order valence-corrected chi connectivity index (χ2v) is 8.52. The Labute approximate surface area is 168 Å². The molecule has 3 rings (SSSR count). The molecule has 6 heteroatoms. The molecule has 0 saturated heterocycles. The molecule has 0 aliphatic heterocycles. The minimum Gasteiger partial charge on any atom is -0.627 e. The molecule has 1 atom stereocenters. The van der Waals surface area contributed by atoms with E-state index in [1.807, 2.05) is 25.1 Å². The van der Waals surface area contributed by atoms with Gasteiger partial charge in [0.05, 0.1) is 13.6 Å². The van der Waals surface area contributed by atoms with Gasteiger partial charge in [0.2, 0.25) is 5.43 Å². The van der Waals surface area contributed by atoms with Crippen LogP contribution in [0.4, 0.5) is 5.69 Å². The van der Waals surface area contributed by atoms with Gasteiger partial charge in [0, 0.05) is 32.4 Å². The van der Waals surface area contributed by atoms with Crippen molar-refractivity contribution in [3.63, 3.8) is 0 Å². The van der Waals surface area contributed by atoms with Crippen LogP contribution >= 0.6 is 22.9 Å². The lowest BCUT2D eigenvalue weighted by Crippen LogP contribution is -2.45. The Bertz CT molecular complexity index is 1040. The number of benzene rings is 2. The molecule has 1 heterocycles. The van der Waals surface area contributed by atoms with Crippen molar-refractivity contribution < 1.29 is 0 Å². The molecule has 4 nitrogen and oxygen atoms in total. The van der Waals surface area contributed by atoms with Gasteiger partial charge in [-0.2, -0.15) is 0 Å². The van der Waals surface area contributed by atoms with Gasteiger partial charge in [-0.3, -0.25) is 9.69 Å². The fourth-order valence-electron chi connectivity index (χ4n) is 3.43. The second kappa shape index (κ2) is 7.86. The van der Waals surface area contributed by atoms with Gasteiger partial charge in [0.25, 0.3) is 0 Å². The van der Waals surface area contributed by atoms with E-state index in [2.05, 4.69) is 18.7 Å². The summed E-state index contributed by atoms with van der Waals surface area (Å²) in [5.41, 5.74) is 1.46. The largest absolute Gasteiger partial charge is 0.627 e. The maximum atomic E-state index is 13.5. The van der Waals surface area contributed by atoms with Gasteiger partial charge < -0.3 is 9.85 Å². The predicted octanol–water partition coefficient (Wildman–Crippen LogP) is 5.15. The van der Waals surface area contributed by atoms with Crippen LogP contribution in [0.1, 0.15) is 19.4 Å². The number of likely N-dealkylation sites (N-methyl/N-ethyl adjacent to an activating group) is 2. The maximum absolute atomic E-state index is 13.5. The first-order valence-electron chi connectivity index (χ1n) is 9.23. The lowest BCUT2D eigenvalue weighted by Gasteiger charge is -2.40. The summed E-state index contributed by atoms with van der Waals surface area (Å²) < 4.78 is 1.16. The molecule has 144 valence electrons. The van der Waals surface area contributed by atoms with E-state index < -0.39 is 4.65 Å². The predicted molar refractivity (Wildman–Crippen MR) is 119 cm³/mol. The molecule has 0 N–H and O–H groups in total. The van der Waals surface area contributed by atoms with Gasteiger partial charge in [-0.25, -0.2) is 0 Å². The summed E-state index contributed by atoms with van der Waals surface area (Å²) in [5, 5.41) is 15.2. The van der Waals surface area contributed by atoms with Crippen molar-refractivity contribution in [3.05, 3.63) is 56.3 Å². The Morgan fingerprint density at radius 3 is 2.56 bits per heavy atom. The molecule has 0 radical (unpaired) electrons. The summed E-state index contributed by atoms with van der Waals surface area (Å²) in [6.45, 7) is 9.08. The van der Waals surface area contributed by atoms with E-state index in [1.54, 1.807) is 19.2 Å². The van der Waals surface area contributed by atoms with Crippen LogP contribution in [-0.4, -0.2) is 38.1 Å². The van der Waals surface area contributed by atoms with Gasteiger partial charge in [-0.1, -0.05) is 31.5 Å². The summed E-state index contributed by atoms with van der Waals surface area (Å²) in [6.07, 6.45) is 0. The lowest BCUT2D eigenvalue weighted by molar-refractivity contribution is 0.272. The van der Waals surface area contributed by atoms with E-state index >= 15 is 0 Å². The molecular weight excluding hydrogens is 380 g/mol. The van der Waals surface area contributed by atoms with Crippen molar-refractivity contribution in [1.82, 2.24) is 9.55 Å². The zero-order chi connectivity index (χ0) is 19.8. The topological polar surface area (TPSA) is 43.4 Å². The Balaban J connectivity index is 2.20. The second-order valence-electron chi connectivity index (χ2n) is 7.03. The Morgan fingerprint density at radius 1 is 1.19 bits per heavy atom. The first-order valence-corrected chi connectivity index (χ1v) is 10.4. The minimum absolute atomic E-state index is 0.0860. The highest BCUT2D eigenvalue weighted by atomic mass is 35.5. The monoisotopic (exact) mass is 404 g/mol. The van der Waals surface area contributed by atoms with E-state index in [-0.39, 0.29) is 5.43 Å². The lowest BCUT2D eigenvalue weighted by atomic mass is 10.1. The van der Waals surface area contributed by atoms with Crippen LogP contribution < -0.4 is 10.1 Å². The van der Waals surface area contributed by atoms with Gasteiger partial charge in [0.1, 0.15) is 11.1 Å². The molecule has 0 aliphatic carbocycles. The quantitative estimate of drug-likeness (QED) is 0.324. The van der Waals surface area contributed by atoms with Crippen molar-refractivity contribution in [1.29, 1.82) is 0 Å². The Hall–Kier alpha value is -1.50. The van der Waals surface area contributed by atoms with Gasteiger partial charge >= 0.3 is 0 Å². The molecule has 0 bridgehead atoms.